The Morgan fingerprint density at radius 3 is 1.32 bits per heavy atom. The van der Waals surface area contributed by atoms with Crippen molar-refractivity contribution in [2.45, 2.75) is 182 Å². The molecule has 204 valence electrons. The number of rotatable bonds is 27. The molecule has 0 aliphatic carbocycles. The molecule has 2 unspecified atom stereocenters. The zero-order valence-corrected chi connectivity index (χ0v) is 24.1. The van der Waals surface area contributed by atoms with Crippen LogP contribution >= 0.6 is 0 Å². The van der Waals surface area contributed by atoms with Crippen LogP contribution in [0.15, 0.2) is 0 Å². The maximum Gasteiger partial charge on any atom is 0.309 e. The molecule has 0 aromatic heterocycles. The molecule has 2 nitrogen and oxygen atoms in total. The van der Waals surface area contributed by atoms with Gasteiger partial charge in [-0.3, -0.25) is 4.79 Å². The van der Waals surface area contributed by atoms with E-state index in [-0.39, 0.29) is 11.9 Å². The summed E-state index contributed by atoms with van der Waals surface area (Å²) in [5.74, 6) is 0.664. The number of carbonyl (C=O) groups excluding carboxylic acids is 1. The van der Waals surface area contributed by atoms with Crippen molar-refractivity contribution >= 4 is 5.97 Å². The van der Waals surface area contributed by atoms with E-state index in [0.717, 1.165) is 19.3 Å². The number of ether oxygens (including phenoxy) is 1. The maximum absolute atomic E-state index is 12.9. The molecular weight excluding hydrogens is 416 g/mol. The first-order valence-corrected chi connectivity index (χ1v) is 15.8. The van der Waals surface area contributed by atoms with Crippen molar-refractivity contribution in [1.82, 2.24) is 0 Å². The second-order valence-corrected chi connectivity index (χ2v) is 11.0. The average Bonchev–Trinajstić information content (AvgIpc) is 2.84. The molecular formula is C32H64O2. The van der Waals surface area contributed by atoms with Crippen LogP contribution in [0.2, 0.25) is 0 Å². The highest BCUT2D eigenvalue weighted by atomic mass is 16.5. The fourth-order valence-corrected chi connectivity index (χ4v) is 5.08. The fourth-order valence-electron chi connectivity index (χ4n) is 5.08. The summed E-state index contributed by atoms with van der Waals surface area (Å²) in [6.07, 6.45) is 31.3. The molecule has 0 aromatic rings. The van der Waals surface area contributed by atoms with E-state index in [9.17, 15) is 4.79 Å². The summed E-state index contributed by atoms with van der Waals surface area (Å²) in [5, 5.41) is 0. The van der Waals surface area contributed by atoms with E-state index in [2.05, 4.69) is 27.7 Å². The van der Waals surface area contributed by atoms with Gasteiger partial charge in [-0.25, -0.2) is 0 Å². The van der Waals surface area contributed by atoms with Crippen LogP contribution in [-0.2, 0) is 9.53 Å². The van der Waals surface area contributed by atoms with Gasteiger partial charge in [-0.15, -0.1) is 0 Å². The molecule has 0 amide bonds. The molecule has 0 fully saturated rings. The molecule has 0 rings (SSSR count). The zero-order chi connectivity index (χ0) is 25.1. The van der Waals surface area contributed by atoms with Crippen LogP contribution in [-0.4, -0.2) is 12.6 Å². The van der Waals surface area contributed by atoms with Gasteiger partial charge in [0.25, 0.3) is 0 Å². The van der Waals surface area contributed by atoms with Crippen LogP contribution in [0.1, 0.15) is 182 Å². The Morgan fingerprint density at radius 1 is 0.500 bits per heavy atom. The van der Waals surface area contributed by atoms with Gasteiger partial charge in [0, 0.05) is 0 Å². The van der Waals surface area contributed by atoms with Gasteiger partial charge < -0.3 is 4.74 Å². The predicted octanol–water partition coefficient (Wildman–Crippen LogP) is 11.2. The van der Waals surface area contributed by atoms with E-state index in [0.29, 0.717) is 12.5 Å². The summed E-state index contributed by atoms with van der Waals surface area (Å²) in [6.45, 7) is 9.70. The molecule has 2 heteroatoms. The summed E-state index contributed by atoms with van der Waals surface area (Å²) in [5.41, 5.74) is 0. The van der Waals surface area contributed by atoms with Gasteiger partial charge in [-0.05, 0) is 25.2 Å². The number of carbonyl (C=O) groups is 1. The van der Waals surface area contributed by atoms with Crippen molar-refractivity contribution in [3.05, 3.63) is 0 Å². The van der Waals surface area contributed by atoms with Gasteiger partial charge in [0.1, 0.15) is 0 Å². The van der Waals surface area contributed by atoms with Crippen molar-refractivity contribution in [1.29, 1.82) is 0 Å². The Balaban J connectivity index is 3.95. The van der Waals surface area contributed by atoms with Gasteiger partial charge in [0.05, 0.1) is 12.5 Å². The van der Waals surface area contributed by atoms with Gasteiger partial charge in [-0.2, -0.15) is 0 Å². The molecule has 0 N–H and O–H groups in total. The van der Waals surface area contributed by atoms with Crippen LogP contribution in [0.5, 0.6) is 0 Å². The molecule has 0 heterocycles. The third-order valence-electron chi connectivity index (χ3n) is 7.61. The van der Waals surface area contributed by atoms with E-state index < -0.39 is 0 Å². The Kier molecular flexibility index (Phi) is 26.6. The highest BCUT2D eigenvalue weighted by Gasteiger charge is 2.25. The van der Waals surface area contributed by atoms with E-state index in [4.69, 9.17) is 4.74 Å². The van der Waals surface area contributed by atoms with Gasteiger partial charge >= 0.3 is 5.97 Å². The van der Waals surface area contributed by atoms with Crippen LogP contribution in [0.3, 0.4) is 0 Å². The molecule has 0 bridgehead atoms. The molecule has 0 saturated carbocycles. The predicted molar refractivity (Wildman–Crippen MR) is 151 cm³/mol. The van der Waals surface area contributed by atoms with Crippen LogP contribution in [0.25, 0.3) is 0 Å². The number of hydrogen-bond donors (Lipinski definition) is 0. The van der Waals surface area contributed by atoms with Gasteiger partial charge in [-0.1, -0.05) is 163 Å². The monoisotopic (exact) mass is 480 g/mol. The van der Waals surface area contributed by atoms with Crippen molar-refractivity contribution in [3.8, 4) is 0 Å². The Morgan fingerprint density at radius 2 is 0.882 bits per heavy atom. The minimum absolute atomic E-state index is 0.0922. The first kappa shape index (κ1) is 33.5. The van der Waals surface area contributed by atoms with Crippen LogP contribution < -0.4 is 0 Å². The first-order chi connectivity index (χ1) is 16.7. The lowest BCUT2D eigenvalue weighted by Gasteiger charge is -2.22. The molecule has 0 aliphatic rings. The second kappa shape index (κ2) is 27.1. The normalized spacial score (nSPS) is 13.2. The third-order valence-corrected chi connectivity index (χ3v) is 7.61. The SMILES string of the molecule is CCCCCCCCCCCCCCC(C(=O)OCCCCCCCCCC)C(C)CCCC. The molecule has 0 aromatic carbocycles. The van der Waals surface area contributed by atoms with Gasteiger partial charge in [0.2, 0.25) is 0 Å². The topological polar surface area (TPSA) is 26.3 Å². The molecule has 0 aliphatic heterocycles. The number of unbranched alkanes of at least 4 members (excludes halogenated alkanes) is 19. The summed E-state index contributed by atoms with van der Waals surface area (Å²) in [6, 6.07) is 0. The first-order valence-electron chi connectivity index (χ1n) is 15.8. The Bertz CT molecular complexity index is 406. The minimum Gasteiger partial charge on any atom is -0.465 e. The largest absolute Gasteiger partial charge is 0.465 e. The average molecular weight is 481 g/mol. The smallest absolute Gasteiger partial charge is 0.309 e. The highest BCUT2D eigenvalue weighted by molar-refractivity contribution is 5.72. The Hall–Kier alpha value is -0.530. The number of esters is 1. The summed E-state index contributed by atoms with van der Waals surface area (Å²) >= 11 is 0. The van der Waals surface area contributed by atoms with Crippen molar-refractivity contribution in [2.24, 2.45) is 11.8 Å². The summed E-state index contributed by atoms with van der Waals surface area (Å²) in [7, 11) is 0. The third kappa shape index (κ3) is 22.0. The summed E-state index contributed by atoms with van der Waals surface area (Å²) < 4.78 is 5.77. The van der Waals surface area contributed by atoms with E-state index >= 15 is 0 Å². The van der Waals surface area contributed by atoms with Crippen LogP contribution in [0.4, 0.5) is 0 Å². The van der Waals surface area contributed by atoms with Crippen molar-refractivity contribution in [3.63, 3.8) is 0 Å². The minimum atomic E-state index is 0.0922. The van der Waals surface area contributed by atoms with E-state index in [1.807, 2.05) is 0 Å². The van der Waals surface area contributed by atoms with Gasteiger partial charge in [0.15, 0.2) is 0 Å². The quantitative estimate of drug-likeness (QED) is 0.0862. The Labute approximate surface area is 215 Å². The lowest BCUT2D eigenvalue weighted by molar-refractivity contribution is -0.151. The van der Waals surface area contributed by atoms with Crippen molar-refractivity contribution in [2.75, 3.05) is 6.61 Å². The molecule has 0 spiro atoms. The second-order valence-electron chi connectivity index (χ2n) is 11.0. The highest BCUT2D eigenvalue weighted by Crippen LogP contribution is 2.26. The fraction of sp³-hybridized carbons (Fsp3) is 0.969. The zero-order valence-electron chi connectivity index (χ0n) is 24.1. The molecule has 0 radical (unpaired) electrons. The maximum atomic E-state index is 12.9. The standard InChI is InChI=1S/C32H64O2/c1-5-8-11-13-15-17-18-19-20-21-23-25-28-31(30(4)27-10-7-3)32(33)34-29-26-24-22-16-14-12-9-6-2/h30-31H,5-29H2,1-4H3. The lowest BCUT2D eigenvalue weighted by atomic mass is 9.85. The van der Waals surface area contributed by atoms with E-state index in [1.165, 1.54) is 135 Å². The summed E-state index contributed by atoms with van der Waals surface area (Å²) in [4.78, 5) is 12.9. The van der Waals surface area contributed by atoms with Crippen molar-refractivity contribution < 1.29 is 9.53 Å². The van der Waals surface area contributed by atoms with E-state index in [1.54, 1.807) is 0 Å². The number of hydrogen-bond acceptors (Lipinski definition) is 2. The molecule has 0 saturated heterocycles. The van der Waals surface area contributed by atoms with Crippen LogP contribution in [0, 0.1) is 11.8 Å². The molecule has 34 heavy (non-hydrogen) atoms. The molecule has 2 atom stereocenters. The lowest BCUT2D eigenvalue weighted by Crippen LogP contribution is -2.25.